The third-order valence-electron chi connectivity index (χ3n) is 6.67. The number of hydrogen-bond acceptors (Lipinski definition) is 10. The van der Waals surface area contributed by atoms with Crippen molar-refractivity contribution in [1.82, 2.24) is 4.90 Å². The number of rotatable bonds is 4. The van der Waals surface area contributed by atoms with E-state index < -0.39 is 29.6 Å². The van der Waals surface area contributed by atoms with Crippen LogP contribution in [0.2, 0.25) is 0 Å². The monoisotopic (exact) mass is 559 g/mol. The third kappa shape index (κ3) is 5.82. The Morgan fingerprint density at radius 3 is 2.34 bits per heavy atom. The Balaban J connectivity index is 1.85. The summed E-state index contributed by atoms with van der Waals surface area (Å²) in [6.07, 6.45) is -0.427. The van der Waals surface area contributed by atoms with Gasteiger partial charge in [-0.05, 0) is 44.0 Å². The van der Waals surface area contributed by atoms with E-state index in [0.717, 1.165) is 5.56 Å². The van der Waals surface area contributed by atoms with Gasteiger partial charge in [0, 0.05) is 24.5 Å². The number of hydrogen-bond donors (Lipinski definition) is 2. The molecular formula is C30H33N5O6. The zero-order chi connectivity index (χ0) is 29.9. The van der Waals surface area contributed by atoms with Crippen LogP contribution in [0.4, 0.5) is 16.2 Å². The molecule has 3 N–H and O–H groups in total. The van der Waals surface area contributed by atoms with Crippen molar-refractivity contribution in [1.29, 1.82) is 5.26 Å². The molecular weight excluding hydrogens is 526 g/mol. The van der Waals surface area contributed by atoms with E-state index >= 15 is 0 Å². The molecule has 0 bridgehead atoms. The highest BCUT2D eigenvalue weighted by molar-refractivity contribution is 6.06. The first-order valence-electron chi connectivity index (χ1n) is 13.0. The minimum absolute atomic E-state index is 0.0293. The van der Waals surface area contributed by atoms with Crippen LogP contribution in [0.5, 0.6) is 0 Å². The highest BCUT2D eigenvalue weighted by Gasteiger charge is 2.43. The van der Waals surface area contributed by atoms with E-state index in [-0.39, 0.29) is 29.2 Å². The molecule has 2 heterocycles. The molecule has 1 atom stereocenters. The summed E-state index contributed by atoms with van der Waals surface area (Å²) in [5.74, 6) is -2.62. The number of allylic oxidation sites excluding steroid dienone is 1. The fraction of sp³-hybridized carbons (Fsp3) is 0.333. The second kappa shape index (κ2) is 11.6. The van der Waals surface area contributed by atoms with E-state index in [1.807, 2.05) is 20.8 Å². The van der Waals surface area contributed by atoms with E-state index in [1.165, 1.54) is 19.1 Å². The minimum atomic E-state index is -0.958. The topological polar surface area (TPSA) is 147 Å². The van der Waals surface area contributed by atoms with Crippen molar-refractivity contribution in [2.45, 2.75) is 38.8 Å². The quantitative estimate of drug-likeness (QED) is 0.419. The molecule has 11 nitrogen and oxygen atoms in total. The normalized spacial score (nSPS) is 17.1. The lowest BCUT2D eigenvalue weighted by molar-refractivity contribution is -0.139. The van der Waals surface area contributed by atoms with Crippen LogP contribution >= 0.6 is 0 Å². The van der Waals surface area contributed by atoms with Crippen LogP contribution < -0.4 is 16.0 Å². The zero-order valence-corrected chi connectivity index (χ0v) is 23.7. The van der Waals surface area contributed by atoms with Gasteiger partial charge in [-0.25, -0.2) is 14.4 Å². The fourth-order valence-electron chi connectivity index (χ4n) is 4.88. The molecule has 2 aliphatic heterocycles. The van der Waals surface area contributed by atoms with Gasteiger partial charge in [-0.15, -0.1) is 0 Å². The SMILES string of the molecule is COC(=O)C1=C(C(=O)OC)N(c2ccc3c(c2)NCCN(C(=O)OC(C)(C)C)C3)C(N)=C(C#N)C1c1ccccc1. The molecule has 0 spiro atoms. The number of carbonyl (C=O) groups excluding carboxylic acids is 3. The predicted octanol–water partition coefficient (Wildman–Crippen LogP) is 3.75. The summed E-state index contributed by atoms with van der Waals surface area (Å²) in [5, 5.41) is 13.5. The van der Waals surface area contributed by atoms with Gasteiger partial charge in [0.25, 0.3) is 0 Å². The number of esters is 2. The average molecular weight is 560 g/mol. The Bertz CT molecular complexity index is 1470. The van der Waals surface area contributed by atoms with E-state index in [9.17, 15) is 19.6 Å². The summed E-state index contributed by atoms with van der Waals surface area (Å²) >= 11 is 0. The number of methoxy groups -OCH3 is 2. The Hall–Kier alpha value is -4.98. The van der Waals surface area contributed by atoms with Crippen molar-refractivity contribution in [2.24, 2.45) is 5.73 Å². The summed E-state index contributed by atoms with van der Waals surface area (Å²) < 4.78 is 15.7. The van der Waals surface area contributed by atoms with Crippen molar-refractivity contribution < 1.29 is 28.6 Å². The van der Waals surface area contributed by atoms with Crippen molar-refractivity contribution in [3.8, 4) is 6.07 Å². The molecule has 2 aliphatic rings. The lowest BCUT2D eigenvalue weighted by Gasteiger charge is -2.36. The number of benzene rings is 2. The van der Waals surface area contributed by atoms with E-state index in [0.29, 0.717) is 30.0 Å². The minimum Gasteiger partial charge on any atom is -0.466 e. The Kier molecular flexibility index (Phi) is 8.23. The van der Waals surface area contributed by atoms with Crippen molar-refractivity contribution in [3.05, 3.63) is 82.3 Å². The smallest absolute Gasteiger partial charge is 0.410 e. The van der Waals surface area contributed by atoms with Gasteiger partial charge >= 0.3 is 18.0 Å². The largest absolute Gasteiger partial charge is 0.466 e. The molecule has 4 rings (SSSR count). The summed E-state index contributed by atoms with van der Waals surface area (Å²) in [6.45, 7) is 6.56. The number of nitrogens with two attached hydrogens (primary N) is 1. The predicted molar refractivity (Wildman–Crippen MR) is 151 cm³/mol. The summed E-state index contributed by atoms with van der Waals surface area (Å²) in [4.78, 5) is 42.3. The first kappa shape index (κ1) is 29.0. The summed E-state index contributed by atoms with van der Waals surface area (Å²) in [6, 6.07) is 16.2. The molecule has 1 amide bonds. The van der Waals surface area contributed by atoms with Crippen molar-refractivity contribution in [2.75, 3.05) is 37.5 Å². The molecule has 0 aromatic heterocycles. The number of carbonyl (C=O) groups is 3. The molecule has 11 heteroatoms. The van der Waals surface area contributed by atoms with Gasteiger partial charge in [0.2, 0.25) is 0 Å². The number of anilines is 2. The van der Waals surface area contributed by atoms with Gasteiger partial charge in [-0.3, -0.25) is 4.90 Å². The van der Waals surface area contributed by atoms with E-state index in [2.05, 4.69) is 11.4 Å². The number of ether oxygens (including phenoxy) is 3. The molecule has 0 aliphatic carbocycles. The molecule has 0 fully saturated rings. The van der Waals surface area contributed by atoms with Gasteiger partial charge < -0.3 is 30.2 Å². The van der Waals surface area contributed by atoms with Gasteiger partial charge in [-0.1, -0.05) is 36.4 Å². The Morgan fingerprint density at radius 1 is 1.05 bits per heavy atom. The first-order chi connectivity index (χ1) is 19.5. The fourth-order valence-corrected chi connectivity index (χ4v) is 4.88. The molecule has 1 unspecified atom stereocenters. The van der Waals surface area contributed by atoms with Gasteiger partial charge in [0.15, 0.2) is 0 Å². The third-order valence-corrected chi connectivity index (χ3v) is 6.67. The maximum Gasteiger partial charge on any atom is 0.410 e. The summed E-state index contributed by atoms with van der Waals surface area (Å²) in [5.41, 5.74) is 8.29. The van der Waals surface area contributed by atoms with Crippen molar-refractivity contribution in [3.63, 3.8) is 0 Å². The second-order valence-electron chi connectivity index (χ2n) is 10.5. The highest BCUT2D eigenvalue weighted by Crippen LogP contribution is 2.44. The standard InChI is InChI=1S/C30H33N5O6/c1-30(2,3)41-29(38)34-14-13-33-22-15-20(12-11-19(22)17-34)35-25(28(37)40-5)24(27(36)39-4)23(21(16-31)26(35)32)18-9-7-6-8-10-18/h6-12,15,23,33H,13-14,17,32H2,1-5H3. The van der Waals surface area contributed by atoms with Gasteiger partial charge in [-0.2, -0.15) is 5.26 Å². The lowest BCUT2D eigenvalue weighted by atomic mass is 9.81. The summed E-state index contributed by atoms with van der Waals surface area (Å²) in [7, 11) is 2.40. The van der Waals surface area contributed by atoms with Crippen LogP contribution in [0, 0.1) is 11.3 Å². The number of nitriles is 1. The van der Waals surface area contributed by atoms with Crippen LogP contribution in [0.15, 0.2) is 71.2 Å². The lowest BCUT2D eigenvalue weighted by Crippen LogP contribution is -2.40. The Labute approximate surface area is 238 Å². The van der Waals surface area contributed by atoms with Crippen LogP contribution in [-0.2, 0) is 30.3 Å². The molecule has 2 aromatic rings. The number of amides is 1. The molecule has 0 saturated carbocycles. The van der Waals surface area contributed by atoms with E-state index in [4.69, 9.17) is 19.9 Å². The number of fused-ring (bicyclic) bond motifs is 1. The van der Waals surface area contributed by atoms with E-state index in [1.54, 1.807) is 53.4 Å². The zero-order valence-electron chi connectivity index (χ0n) is 23.7. The van der Waals surface area contributed by atoms with Gasteiger partial charge in [0.05, 0.1) is 43.9 Å². The molecule has 0 saturated heterocycles. The second-order valence-corrected chi connectivity index (χ2v) is 10.5. The molecule has 41 heavy (non-hydrogen) atoms. The molecule has 214 valence electrons. The highest BCUT2D eigenvalue weighted by atomic mass is 16.6. The number of nitrogens with one attached hydrogen (secondary N) is 1. The van der Waals surface area contributed by atoms with Crippen LogP contribution in [0.3, 0.4) is 0 Å². The first-order valence-corrected chi connectivity index (χ1v) is 13.0. The van der Waals surface area contributed by atoms with Crippen LogP contribution in [0.25, 0.3) is 0 Å². The average Bonchev–Trinajstić information content (AvgIpc) is 3.17. The Morgan fingerprint density at radius 2 is 1.73 bits per heavy atom. The van der Waals surface area contributed by atoms with Crippen molar-refractivity contribution >= 4 is 29.4 Å². The van der Waals surface area contributed by atoms with Crippen LogP contribution in [0.1, 0.15) is 37.8 Å². The maximum atomic E-state index is 13.3. The molecule has 2 aromatic carbocycles. The molecule has 0 radical (unpaired) electrons. The number of nitrogens with zero attached hydrogens (tertiary/aromatic N) is 3. The maximum absolute atomic E-state index is 13.3. The van der Waals surface area contributed by atoms with Crippen LogP contribution in [-0.4, -0.2) is 55.8 Å². The van der Waals surface area contributed by atoms with Gasteiger partial charge in [0.1, 0.15) is 17.1 Å².